The van der Waals surface area contributed by atoms with Gasteiger partial charge in [0.15, 0.2) is 5.82 Å². The van der Waals surface area contributed by atoms with Crippen LogP contribution in [0.15, 0.2) is 12.3 Å². The Hall–Kier alpha value is -2.45. The van der Waals surface area contributed by atoms with Gasteiger partial charge < -0.3 is 25.0 Å². The highest BCUT2D eigenvalue weighted by molar-refractivity contribution is 5.72. The number of aromatic nitrogens is 3. The van der Waals surface area contributed by atoms with E-state index >= 15 is 0 Å². The van der Waals surface area contributed by atoms with E-state index < -0.39 is 0 Å². The van der Waals surface area contributed by atoms with Crippen LogP contribution in [0.1, 0.15) is 18.1 Å². The van der Waals surface area contributed by atoms with Gasteiger partial charge in [-0.05, 0) is 25.5 Å². The molecule has 0 aliphatic carbocycles. The number of hydrogen-bond donors (Lipinski definition) is 1. The molecule has 3 aliphatic heterocycles. The fourth-order valence-corrected chi connectivity index (χ4v) is 4.43. The Morgan fingerprint density at radius 2 is 1.79 bits per heavy atom. The topological polar surface area (TPSA) is 89.6 Å². The number of pyridine rings is 1. The van der Waals surface area contributed by atoms with E-state index in [2.05, 4.69) is 21.7 Å². The summed E-state index contributed by atoms with van der Waals surface area (Å²) in [6.45, 7) is 8.83. The van der Waals surface area contributed by atoms with Crippen LogP contribution in [0.25, 0.3) is 11.4 Å². The van der Waals surface area contributed by atoms with Crippen molar-refractivity contribution in [3.05, 3.63) is 23.4 Å². The van der Waals surface area contributed by atoms with Crippen LogP contribution >= 0.6 is 0 Å². The molecule has 2 aromatic heterocycles. The van der Waals surface area contributed by atoms with Gasteiger partial charge in [0.1, 0.15) is 17.5 Å². The fourth-order valence-electron chi connectivity index (χ4n) is 4.43. The normalized spacial score (nSPS) is 24.2. The molecule has 8 heteroatoms. The summed E-state index contributed by atoms with van der Waals surface area (Å²) in [6.07, 6.45) is 2.71. The fraction of sp³-hybridized carbons (Fsp3) is 0.550. The number of morpholine rings is 2. The number of nitrogens with two attached hydrogens (primary N) is 1. The number of anilines is 3. The van der Waals surface area contributed by atoms with Crippen molar-refractivity contribution in [1.82, 2.24) is 15.0 Å². The van der Waals surface area contributed by atoms with Crippen molar-refractivity contribution in [1.29, 1.82) is 0 Å². The smallest absolute Gasteiger partial charge is 0.165 e. The molecular formula is C20H26N6O2. The third-order valence-electron chi connectivity index (χ3n) is 5.92. The van der Waals surface area contributed by atoms with Crippen molar-refractivity contribution in [3.8, 4) is 11.4 Å². The van der Waals surface area contributed by atoms with E-state index in [0.717, 1.165) is 62.1 Å². The standard InChI is InChI=1S/C20H26N6O2/c1-12-7-17(21)22-9-16(12)18-23-19(25-3-5-27-10-13(25)2)15-8-14-11-28-6-4-26(14)20(15)24-18/h7,9,13-14H,3-6,8,10-11H2,1-2H3,(H2,21,22)/t13-,14-/m1/s1. The van der Waals surface area contributed by atoms with E-state index in [1.807, 2.05) is 13.0 Å². The summed E-state index contributed by atoms with van der Waals surface area (Å²) in [5.74, 6) is 3.30. The molecule has 2 fully saturated rings. The highest BCUT2D eigenvalue weighted by atomic mass is 16.5. The molecule has 0 bridgehead atoms. The largest absolute Gasteiger partial charge is 0.384 e. The van der Waals surface area contributed by atoms with Gasteiger partial charge in [0.25, 0.3) is 0 Å². The number of rotatable bonds is 2. The Bertz CT molecular complexity index is 905. The number of aryl methyl sites for hydroxylation is 1. The van der Waals surface area contributed by atoms with Crippen LogP contribution < -0.4 is 15.5 Å². The Morgan fingerprint density at radius 1 is 1.07 bits per heavy atom. The second-order valence-electron chi connectivity index (χ2n) is 7.84. The predicted octanol–water partition coefficient (Wildman–Crippen LogP) is 1.42. The van der Waals surface area contributed by atoms with Crippen LogP contribution in [0, 0.1) is 6.92 Å². The highest BCUT2D eigenvalue weighted by Gasteiger charge is 2.38. The molecule has 2 saturated heterocycles. The van der Waals surface area contributed by atoms with E-state index in [0.29, 0.717) is 24.3 Å². The number of nitrogens with zero attached hydrogens (tertiary/aromatic N) is 5. The van der Waals surface area contributed by atoms with Gasteiger partial charge in [-0.25, -0.2) is 15.0 Å². The highest BCUT2D eigenvalue weighted by Crippen LogP contribution is 2.40. The van der Waals surface area contributed by atoms with Crippen molar-refractivity contribution in [2.24, 2.45) is 0 Å². The van der Waals surface area contributed by atoms with Crippen LogP contribution in [-0.2, 0) is 15.9 Å². The van der Waals surface area contributed by atoms with Crippen LogP contribution in [0.3, 0.4) is 0 Å². The molecule has 148 valence electrons. The first-order valence-corrected chi connectivity index (χ1v) is 9.94. The van der Waals surface area contributed by atoms with Gasteiger partial charge in [0, 0.05) is 36.8 Å². The van der Waals surface area contributed by atoms with E-state index in [1.165, 1.54) is 5.56 Å². The predicted molar refractivity (Wildman–Crippen MR) is 108 cm³/mol. The Balaban J connectivity index is 1.66. The lowest BCUT2D eigenvalue weighted by atomic mass is 10.1. The Kier molecular flexibility index (Phi) is 4.32. The lowest BCUT2D eigenvalue weighted by molar-refractivity contribution is 0.0967. The first kappa shape index (κ1) is 17.6. The summed E-state index contributed by atoms with van der Waals surface area (Å²) in [6, 6.07) is 2.50. The third-order valence-corrected chi connectivity index (χ3v) is 5.92. The van der Waals surface area contributed by atoms with Gasteiger partial charge >= 0.3 is 0 Å². The summed E-state index contributed by atoms with van der Waals surface area (Å²) in [5.41, 5.74) is 9.04. The average molecular weight is 382 g/mol. The molecule has 0 radical (unpaired) electrons. The van der Waals surface area contributed by atoms with Crippen molar-refractivity contribution in [3.63, 3.8) is 0 Å². The molecule has 8 nitrogen and oxygen atoms in total. The number of hydrogen-bond acceptors (Lipinski definition) is 8. The molecule has 3 aliphatic rings. The zero-order chi connectivity index (χ0) is 19.3. The number of nitrogen functional groups attached to an aromatic ring is 1. The Morgan fingerprint density at radius 3 is 2.54 bits per heavy atom. The van der Waals surface area contributed by atoms with Crippen LogP contribution in [0.4, 0.5) is 17.5 Å². The molecule has 2 aromatic rings. The first-order chi connectivity index (χ1) is 13.6. The van der Waals surface area contributed by atoms with Crippen molar-refractivity contribution in [2.45, 2.75) is 32.4 Å². The van der Waals surface area contributed by atoms with E-state index in [4.69, 9.17) is 25.2 Å². The minimum absolute atomic E-state index is 0.278. The molecule has 5 heterocycles. The van der Waals surface area contributed by atoms with Crippen molar-refractivity contribution in [2.75, 3.05) is 55.1 Å². The lowest BCUT2D eigenvalue weighted by Crippen LogP contribution is -2.44. The third kappa shape index (κ3) is 2.87. The average Bonchev–Trinajstić information content (AvgIpc) is 3.06. The van der Waals surface area contributed by atoms with Crippen LogP contribution in [0.2, 0.25) is 0 Å². The maximum absolute atomic E-state index is 5.85. The quantitative estimate of drug-likeness (QED) is 0.834. The number of fused-ring (bicyclic) bond motifs is 3. The lowest BCUT2D eigenvalue weighted by Gasteiger charge is -2.35. The second-order valence-corrected chi connectivity index (χ2v) is 7.84. The van der Waals surface area contributed by atoms with Gasteiger partial charge in [0.05, 0.1) is 38.5 Å². The second kappa shape index (κ2) is 6.86. The molecule has 5 rings (SSSR count). The number of ether oxygens (including phenoxy) is 2. The molecule has 0 amide bonds. The van der Waals surface area contributed by atoms with Crippen molar-refractivity contribution >= 4 is 17.5 Å². The molecule has 0 unspecified atom stereocenters. The van der Waals surface area contributed by atoms with Crippen LogP contribution in [-0.4, -0.2) is 66.6 Å². The Labute approximate surface area is 164 Å². The molecular weight excluding hydrogens is 356 g/mol. The zero-order valence-corrected chi connectivity index (χ0v) is 16.4. The maximum atomic E-state index is 5.85. The maximum Gasteiger partial charge on any atom is 0.165 e. The summed E-state index contributed by atoms with van der Waals surface area (Å²) < 4.78 is 11.4. The minimum atomic E-state index is 0.278. The van der Waals surface area contributed by atoms with Crippen LogP contribution in [0.5, 0.6) is 0 Å². The first-order valence-electron chi connectivity index (χ1n) is 9.94. The molecule has 0 aromatic carbocycles. The van der Waals surface area contributed by atoms with Gasteiger partial charge in [0.2, 0.25) is 0 Å². The molecule has 2 N–H and O–H groups in total. The van der Waals surface area contributed by atoms with Gasteiger partial charge in [-0.1, -0.05) is 0 Å². The van der Waals surface area contributed by atoms with E-state index in [1.54, 1.807) is 6.20 Å². The SMILES string of the molecule is Cc1cc(N)ncc1-c1nc2c(c(N3CCOC[C@H]3C)n1)C[C@@H]1COCCN21. The summed E-state index contributed by atoms with van der Waals surface area (Å²) in [7, 11) is 0. The van der Waals surface area contributed by atoms with Crippen molar-refractivity contribution < 1.29 is 9.47 Å². The summed E-state index contributed by atoms with van der Waals surface area (Å²) in [4.78, 5) is 19.1. The van der Waals surface area contributed by atoms with Gasteiger partial charge in [-0.3, -0.25) is 0 Å². The molecule has 0 saturated carbocycles. The zero-order valence-electron chi connectivity index (χ0n) is 16.4. The van der Waals surface area contributed by atoms with Gasteiger partial charge in [-0.15, -0.1) is 0 Å². The van der Waals surface area contributed by atoms with Gasteiger partial charge in [-0.2, -0.15) is 0 Å². The van der Waals surface area contributed by atoms with E-state index in [-0.39, 0.29) is 6.04 Å². The summed E-state index contributed by atoms with van der Waals surface area (Å²) >= 11 is 0. The van der Waals surface area contributed by atoms with E-state index in [9.17, 15) is 0 Å². The molecule has 0 spiro atoms. The molecule has 28 heavy (non-hydrogen) atoms. The minimum Gasteiger partial charge on any atom is -0.384 e. The molecule has 2 atom stereocenters. The monoisotopic (exact) mass is 382 g/mol. The summed E-state index contributed by atoms with van der Waals surface area (Å²) in [5, 5.41) is 0.